The van der Waals surface area contributed by atoms with Crippen molar-refractivity contribution in [2.45, 2.75) is 58.2 Å². The largest absolute Gasteiger partial charge is 0.362 e. The van der Waals surface area contributed by atoms with Gasteiger partial charge in [0.2, 0.25) is 15.8 Å². The first-order chi connectivity index (χ1) is 25.0. The third-order valence-corrected chi connectivity index (χ3v) is 8.98. The zero-order valence-corrected chi connectivity index (χ0v) is 28.4. The summed E-state index contributed by atoms with van der Waals surface area (Å²) in [5, 5.41) is 12.9. The normalized spacial score (nSPS) is 11.3. The fourth-order valence-corrected chi connectivity index (χ4v) is 6.52. The summed E-state index contributed by atoms with van der Waals surface area (Å²) in [6.07, 6.45) is 5.14. The number of aryl methyl sites for hydroxylation is 6. The van der Waals surface area contributed by atoms with Crippen LogP contribution in [0.15, 0.2) is 123 Å². The highest BCUT2D eigenvalue weighted by Gasteiger charge is 2.33. The molecule has 4 aromatic carbocycles. The van der Waals surface area contributed by atoms with E-state index in [1.54, 1.807) is 14.0 Å². The molecule has 0 aliphatic heterocycles. The molecule has 0 aliphatic rings. The minimum atomic E-state index is 0.195. The number of nitrogens with zero attached hydrogens (tertiary/aromatic N) is 6. The van der Waals surface area contributed by atoms with Gasteiger partial charge in [0.1, 0.15) is 0 Å². The maximum Gasteiger partial charge on any atom is 0.304 e. The fraction of sp³-hybridized carbons (Fsp3) is 0.231. The van der Waals surface area contributed by atoms with Gasteiger partial charge in [0, 0.05) is 19.3 Å². The Hall–Kier alpha value is -6.30. The third-order valence-electron chi connectivity index (χ3n) is 8.98. The Kier molecular flexibility index (Phi) is 10.1. The smallest absolute Gasteiger partial charge is 0.304 e. The van der Waals surface area contributed by atoms with Gasteiger partial charge in [-0.15, -0.1) is 0 Å². The van der Waals surface area contributed by atoms with Gasteiger partial charge in [-0.3, -0.25) is 13.6 Å². The lowest BCUT2D eigenvalue weighted by Crippen LogP contribution is -2.39. The van der Waals surface area contributed by atoms with Gasteiger partial charge >= 0.3 is 34.7 Å². The second kappa shape index (κ2) is 15.5. The molecule has 51 heavy (non-hydrogen) atoms. The summed E-state index contributed by atoms with van der Waals surface area (Å²) >= 11 is 0. The van der Waals surface area contributed by atoms with Gasteiger partial charge < -0.3 is 17.2 Å². The van der Waals surface area contributed by atoms with Crippen molar-refractivity contribution in [3.63, 3.8) is 0 Å². The van der Waals surface area contributed by atoms with Gasteiger partial charge in [0.25, 0.3) is 0 Å². The third kappa shape index (κ3) is 7.80. The van der Waals surface area contributed by atoms with Crippen molar-refractivity contribution in [3.05, 3.63) is 126 Å². The molecule has 7 aromatic rings. The number of nitrogens with two attached hydrogens (primary N) is 3. The molecule has 0 bridgehead atoms. The van der Waals surface area contributed by atoms with E-state index in [4.69, 9.17) is 30.8 Å². The molecular weight excluding hydrogens is 642 g/mol. The van der Waals surface area contributed by atoms with Gasteiger partial charge in [-0.25, -0.2) is 0 Å². The van der Waals surface area contributed by atoms with Crippen LogP contribution in [-0.2, 0) is 38.9 Å². The van der Waals surface area contributed by atoms with Gasteiger partial charge in [0.05, 0.1) is 16.7 Å². The molecule has 0 radical (unpaired) electrons. The molecule has 0 saturated heterocycles. The summed E-state index contributed by atoms with van der Waals surface area (Å²) < 4.78 is 22.1. The summed E-state index contributed by atoms with van der Waals surface area (Å²) in [6, 6.07) is 37.0. The Bertz CT molecular complexity index is 1920. The van der Waals surface area contributed by atoms with E-state index in [9.17, 15) is 0 Å². The predicted octanol–water partition coefficient (Wildman–Crippen LogP) is 5.16. The maximum absolute atomic E-state index is 6.48. The number of nitrogen functional groups attached to an aromatic ring is 3. The van der Waals surface area contributed by atoms with Gasteiger partial charge in [-0.05, 0) is 68.2 Å². The minimum absolute atomic E-state index is 0.195. The van der Waals surface area contributed by atoms with E-state index in [0.29, 0.717) is 36.7 Å². The minimum Gasteiger partial charge on any atom is -0.362 e. The van der Waals surface area contributed by atoms with Crippen LogP contribution in [0.25, 0.3) is 33.8 Å². The van der Waals surface area contributed by atoms with Crippen molar-refractivity contribution < 1.29 is 27.6 Å². The molecule has 0 atom stereocenters. The zero-order chi connectivity index (χ0) is 35.0. The van der Waals surface area contributed by atoms with Crippen molar-refractivity contribution in [2.75, 3.05) is 17.2 Å². The summed E-state index contributed by atoms with van der Waals surface area (Å²) in [4.78, 5) is 0. The van der Waals surface area contributed by atoms with Crippen LogP contribution in [-0.4, -0.2) is 15.8 Å². The Labute approximate surface area is 295 Å². The summed E-state index contributed by atoms with van der Waals surface area (Å²) in [5.74, 6) is 0.586. The second-order valence-corrected chi connectivity index (χ2v) is 12.6. The van der Waals surface area contributed by atoms with E-state index in [1.165, 1.54) is 16.7 Å². The van der Waals surface area contributed by atoms with Crippen LogP contribution >= 0.6 is 0 Å². The number of hydrogen-bond donors (Lipinski definition) is 3. The van der Waals surface area contributed by atoms with Gasteiger partial charge in [0.15, 0.2) is 19.6 Å². The average Bonchev–Trinajstić information content (AvgIpc) is 3.84. The molecule has 3 aromatic heterocycles. The quantitative estimate of drug-likeness (QED) is 0.124. The molecule has 0 aliphatic carbocycles. The zero-order valence-electron chi connectivity index (χ0n) is 28.4. The lowest BCUT2D eigenvalue weighted by Gasteiger charge is -2.05. The number of hydrogen-bond acceptors (Lipinski definition) is 9. The Morgan fingerprint density at radius 3 is 0.961 bits per heavy atom. The summed E-state index contributed by atoms with van der Waals surface area (Å²) in [6.45, 7) is 1.77. The molecule has 3 heterocycles. The molecule has 258 valence electrons. The first-order valence-electron chi connectivity index (χ1n) is 17.3. The molecule has 12 nitrogen and oxygen atoms in total. The molecule has 0 spiro atoms. The fourth-order valence-electron chi connectivity index (χ4n) is 6.52. The van der Waals surface area contributed by atoms with Crippen LogP contribution in [0, 0.1) is 0 Å². The number of benzene rings is 4. The maximum atomic E-state index is 6.48. The van der Waals surface area contributed by atoms with Crippen molar-refractivity contribution in [3.8, 4) is 33.8 Å². The number of aromatic nitrogens is 6. The summed E-state index contributed by atoms with van der Waals surface area (Å²) in [5.41, 5.74) is 27.4. The van der Waals surface area contributed by atoms with Gasteiger partial charge in [-0.1, -0.05) is 91.0 Å². The summed E-state index contributed by atoms with van der Waals surface area (Å²) in [7, 11) is 0. The standard InChI is InChI=1S/C39H42N9O3/c40-37-34(46(43-49-37)22-10-19-28-13-4-1-5-14-28)31-25-32(35-38(41)50-44-47(35)23-11-20-29-15-6-2-7-16-29)27-33(26-31)36-39(42)51-45-48(36)24-12-21-30-17-8-3-9-18-30/h1-9,13-18,25-27H,10-12,19-24,40-42H2/q+3. The molecule has 6 N–H and O–H groups in total. The molecule has 0 unspecified atom stereocenters. The van der Waals surface area contributed by atoms with Crippen LogP contribution < -0.4 is 31.2 Å². The van der Waals surface area contributed by atoms with E-state index in [0.717, 1.165) is 55.2 Å². The Balaban J connectivity index is 1.24. The molecule has 0 fully saturated rings. The van der Waals surface area contributed by atoms with E-state index in [1.807, 2.05) is 72.8 Å². The van der Waals surface area contributed by atoms with E-state index in [2.05, 4.69) is 52.2 Å². The van der Waals surface area contributed by atoms with Crippen molar-refractivity contribution in [2.24, 2.45) is 0 Å². The molecule has 7 rings (SSSR count). The van der Waals surface area contributed by atoms with Crippen molar-refractivity contribution in [1.82, 2.24) is 15.8 Å². The van der Waals surface area contributed by atoms with Crippen molar-refractivity contribution in [1.29, 1.82) is 0 Å². The second-order valence-electron chi connectivity index (χ2n) is 12.6. The first-order valence-corrected chi connectivity index (χ1v) is 17.3. The average molecular weight is 685 g/mol. The van der Waals surface area contributed by atoms with E-state index < -0.39 is 0 Å². The molecule has 0 saturated carbocycles. The van der Waals surface area contributed by atoms with E-state index >= 15 is 0 Å². The monoisotopic (exact) mass is 684 g/mol. The van der Waals surface area contributed by atoms with Crippen molar-refractivity contribution >= 4 is 17.7 Å². The Morgan fingerprint density at radius 1 is 0.412 bits per heavy atom. The van der Waals surface area contributed by atoms with E-state index in [-0.39, 0.29) is 17.7 Å². The predicted molar refractivity (Wildman–Crippen MR) is 191 cm³/mol. The lowest BCUT2D eigenvalue weighted by atomic mass is 9.99. The van der Waals surface area contributed by atoms with Crippen LogP contribution in [0.1, 0.15) is 36.0 Å². The van der Waals surface area contributed by atoms with Crippen LogP contribution in [0.3, 0.4) is 0 Å². The van der Waals surface area contributed by atoms with Crippen LogP contribution in [0.5, 0.6) is 0 Å². The Morgan fingerprint density at radius 2 is 0.686 bits per heavy atom. The molecule has 0 amide bonds. The lowest BCUT2D eigenvalue weighted by molar-refractivity contribution is -0.753. The van der Waals surface area contributed by atoms with Crippen LogP contribution in [0.4, 0.5) is 17.7 Å². The number of anilines is 3. The van der Waals surface area contributed by atoms with Crippen LogP contribution in [0.2, 0.25) is 0 Å². The SMILES string of the molecule is Nc1on[n+](CCCc2ccccc2)c1-c1cc(-c2c(N)on[n+]2CCCc2ccccc2)cc(-c2c(N)on[n+]2CCCc2ccccc2)c1. The molecular formula is C39H42N9O3+3. The molecule has 12 heteroatoms. The van der Waals surface area contributed by atoms with Gasteiger partial charge in [-0.2, -0.15) is 0 Å². The first kappa shape index (κ1) is 33.2. The topological polar surface area (TPSA) is 168 Å². The highest BCUT2D eigenvalue weighted by molar-refractivity contribution is 5.82. The number of rotatable bonds is 15. The highest BCUT2D eigenvalue weighted by atomic mass is 16.5. The highest BCUT2D eigenvalue weighted by Crippen LogP contribution is 2.35.